The minimum Gasteiger partial charge on any atom is -0.366 e. The molecule has 2 aromatic carbocycles. The van der Waals surface area contributed by atoms with Crippen molar-refractivity contribution in [2.24, 2.45) is 5.73 Å². The lowest BCUT2D eigenvalue weighted by Crippen LogP contribution is -2.33. The summed E-state index contributed by atoms with van der Waals surface area (Å²) in [4.78, 5) is 37.5. The van der Waals surface area contributed by atoms with Gasteiger partial charge in [-0.3, -0.25) is 14.4 Å². The van der Waals surface area contributed by atoms with Crippen molar-refractivity contribution in [3.8, 4) is 0 Å². The van der Waals surface area contributed by atoms with Crippen LogP contribution in [0.25, 0.3) is 0 Å². The second-order valence-corrected chi connectivity index (χ2v) is 8.44. The van der Waals surface area contributed by atoms with Crippen LogP contribution >= 0.6 is 0 Å². The van der Waals surface area contributed by atoms with E-state index in [-0.39, 0.29) is 35.2 Å². The number of nitrogens with two attached hydrogens (primary N) is 1. The van der Waals surface area contributed by atoms with Gasteiger partial charge in [0.15, 0.2) is 9.84 Å². The molecule has 0 bridgehead atoms. The van der Waals surface area contributed by atoms with Crippen LogP contribution in [0.3, 0.4) is 0 Å². The van der Waals surface area contributed by atoms with Gasteiger partial charge in [0.05, 0.1) is 4.90 Å². The highest BCUT2D eigenvalue weighted by atomic mass is 32.2. The fourth-order valence-electron chi connectivity index (χ4n) is 2.62. The van der Waals surface area contributed by atoms with E-state index in [9.17, 15) is 22.8 Å². The number of hydrogen-bond acceptors (Lipinski definition) is 5. The van der Waals surface area contributed by atoms with Gasteiger partial charge < -0.3 is 16.0 Å². The van der Waals surface area contributed by atoms with E-state index >= 15 is 0 Å². The first-order chi connectivity index (χ1) is 13.6. The number of rotatable bonds is 8. The zero-order valence-electron chi connectivity index (χ0n) is 16.2. The molecule has 154 valence electrons. The number of carbonyl (C=O) groups is 3. The van der Waals surface area contributed by atoms with Crippen LogP contribution in [0.1, 0.15) is 34.1 Å². The normalized spacial score (nSPS) is 11.0. The number of nitrogens with one attached hydrogen (secondary N) is 1. The number of amides is 3. The van der Waals surface area contributed by atoms with Crippen LogP contribution in [0.4, 0.5) is 5.69 Å². The zero-order chi connectivity index (χ0) is 21.6. The largest absolute Gasteiger partial charge is 0.366 e. The van der Waals surface area contributed by atoms with E-state index < -0.39 is 15.7 Å². The van der Waals surface area contributed by atoms with Crippen LogP contribution in [0.2, 0.25) is 0 Å². The second kappa shape index (κ2) is 9.33. The van der Waals surface area contributed by atoms with Crippen LogP contribution in [-0.2, 0) is 14.6 Å². The summed E-state index contributed by atoms with van der Waals surface area (Å²) in [6, 6.07) is 12.0. The molecule has 0 radical (unpaired) electrons. The van der Waals surface area contributed by atoms with Crippen molar-refractivity contribution in [3.63, 3.8) is 0 Å². The lowest BCUT2D eigenvalue weighted by molar-refractivity contribution is -0.116. The molecular weight excluding hydrogens is 394 g/mol. The summed E-state index contributed by atoms with van der Waals surface area (Å²) in [5, 5.41) is 2.69. The maximum Gasteiger partial charge on any atom is 0.253 e. The fourth-order valence-corrected chi connectivity index (χ4v) is 3.29. The first-order valence-corrected chi connectivity index (χ1v) is 10.8. The maximum absolute atomic E-state index is 12.7. The molecule has 29 heavy (non-hydrogen) atoms. The molecule has 0 aliphatic carbocycles. The van der Waals surface area contributed by atoms with Crippen LogP contribution in [0, 0.1) is 0 Å². The summed E-state index contributed by atoms with van der Waals surface area (Å²) >= 11 is 0. The first kappa shape index (κ1) is 22.1. The van der Waals surface area contributed by atoms with E-state index in [0.717, 1.165) is 6.26 Å². The van der Waals surface area contributed by atoms with Crippen molar-refractivity contribution >= 4 is 33.2 Å². The lowest BCUT2D eigenvalue weighted by Gasteiger charge is -2.21. The van der Waals surface area contributed by atoms with Crippen LogP contribution in [0.5, 0.6) is 0 Å². The summed E-state index contributed by atoms with van der Waals surface area (Å²) in [5.41, 5.74) is 6.27. The Labute approximate surface area is 169 Å². The molecule has 3 amide bonds. The molecule has 2 rings (SSSR count). The number of hydrogen-bond donors (Lipinski definition) is 2. The predicted octanol–water partition coefficient (Wildman–Crippen LogP) is 1.68. The van der Waals surface area contributed by atoms with Crippen molar-refractivity contribution in [2.45, 2.75) is 18.2 Å². The third kappa shape index (κ3) is 6.15. The van der Waals surface area contributed by atoms with E-state index in [1.165, 1.54) is 35.2 Å². The van der Waals surface area contributed by atoms with Gasteiger partial charge in [-0.2, -0.15) is 0 Å². The minimum absolute atomic E-state index is 0.0585. The quantitative estimate of drug-likeness (QED) is 0.676. The molecule has 8 nitrogen and oxygen atoms in total. The van der Waals surface area contributed by atoms with Gasteiger partial charge in [-0.1, -0.05) is 6.07 Å². The van der Waals surface area contributed by atoms with Crippen LogP contribution in [-0.4, -0.2) is 50.4 Å². The standard InChI is InChI=1S/C20H23N3O5S/c1-3-23(20(26)15-5-4-6-17(13-15)29(2,27)28)12-11-18(24)22-16-9-7-14(8-10-16)19(21)25/h4-10,13H,3,11-12H2,1-2H3,(H2,21,25)(H,22,24). The summed E-state index contributed by atoms with van der Waals surface area (Å²) in [7, 11) is -3.42. The van der Waals surface area contributed by atoms with Gasteiger partial charge in [-0.05, 0) is 49.4 Å². The molecule has 0 aliphatic heterocycles. The maximum atomic E-state index is 12.7. The van der Waals surface area contributed by atoms with Gasteiger partial charge in [0.1, 0.15) is 0 Å². The predicted molar refractivity (Wildman–Crippen MR) is 109 cm³/mol. The minimum atomic E-state index is -3.42. The number of nitrogens with zero attached hydrogens (tertiary/aromatic N) is 1. The Bertz CT molecular complexity index is 1020. The van der Waals surface area contributed by atoms with E-state index in [1.54, 1.807) is 25.1 Å². The third-order valence-corrected chi connectivity index (χ3v) is 5.35. The number of carbonyl (C=O) groups excluding carboxylic acids is 3. The molecule has 9 heteroatoms. The van der Waals surface area contributed by atoms with Crippen LogP contribution < -0.4 is 11.1 Å². The number of benzene rings is 2. The van der Waals surface area contributed by atoms with Crippen molar-refractivity contribution in [2.75, 3.05) is 24.7 Å². The molecule has 0 aromatic heterocycles. The molecule has 0 saturated carbocycles. The molecule has 0 unspecified atom stereocenters. The molecule has 3 N–H and O–H groups in total. The molecule has 0 saturated heterocycles. The smallest absolute Gasteiger partial charge is 0.253 e. The Morgan fingerprint density at radius 1 is 1.03 bits per heavy atom. The summed E-state index contributed by atoms with van der Waals surface area (Å²) in [5.74, 6) is -1.20. The Balaban J connectivity index is 1.99. The molecule has 0 fully saturated rings. The van der Waals surface area contributed by atoms with Crippen molar-refractivity contribution in [1.82, 2.24) is 4.90 Å². The Kier molecular flexibility index (Phi) is 7.11. The Morgan fingerprint density at radius 2 is 1.69 bits per heavy atom. The molecule has 0 aliphatic rings. The van der Waals surface area contributed by atoms with E-state index in [4.69, 9.17) is 5.73 Å². The molecule has 0 spiro atoms. The van der Waals surface area contributed by atoms with Crippen LogP contribution in [0.15, 0.2) is 53.4 Å². The summed E-state index contributed by atoms with van der Waals surface area (Å²) < 4.78 is 23.4. The highest BCUT2D eigenvalue weighted by Gasteiger charge is 2.17. The second-order valence-electron chi connectivity index (χ2n) is 6.42. The third-order valence-electron chi connectivity index (χ3n) is 4.24. The SMILES string of the molecule is CCN(CCC(=O)Nc1ccc(C(N)=O)cc1)C(=O)c1cccc(S(C)(=O)=O)c1. The average Bonchev–Trinajstić information content (AvgIpc) is 2.68. The highest BCUT2D eigenvalue weighted by molar-refractivity contribution is 7.90. The Morgan fingerprint density at radius 3 is 2.24 bits per heavy atom. The average molecular weight is 417 g/mol. The number of primary amides is 1. The summed E-state index contributed by atoms with van der Waals surface area (Å²) in [6.07, 6.45) is 1.14. The first-order valence-electron chi connectivity index (χ1n) is 8.91. The van der Waals surface area contributed by atoms with Gasteiger partial charge in [0.25, 0.3) is 5.91 Å². The monoisotopic (exact) mass is 417 g/mol. The highest BCUT2D eigenvalue weighted by Crippen LogP contribution is 2.14. The fraction of sp³-hybridized carbons (Fsp3) is 0.250. The summed E-state index contributed by atoms with van der Waals surface area (Å²) in [6.45, 7) is 2.31. The van der Waals surface area contributed by atoms with Gasteiger partial charge in [0, 0.05) is 42.6 Å². The number of anilines is 1. The lowest BCUT2D eigenvalue weighted by atomic mass is 10.2. The molecule has 2 aromatic rings. The molecule has 0 atom stereocenters. The van der Waals surface area contributed by atoms with Crippen molar-refractivity contribution in [1.29, 1.82) is 0 Å². The van der Waals surface area contributed by atoms with Crippen molar-refractivity contribution < 1.29 is 22.8 Å². The Hall–Kier alpha value is -3.20. The van der Waals surface area contributed by atoms with Crippen molar-refractivity contribution in [3.05, 3.63) is 59.7 Å². The van der Waals surface area contributed by atoms with E-state index in [1.807, 2.05) is 0 Å². The van der Waals surface area contributed by atoms with Gasteiger partial charge in [0.2, 0.25) is 11.8 Å². The van der Waals surface area contributed by atoms with E-state index in [0.29, 0.717) is 17.8 Å². The zero-order valence-corrected chi connectivity index (χ0v) is 17.0. The number of sulfone groups is 1. The van der Waals surface area contributed by atoms with Gasteiger partial charge in [-0.25, -0.2) is 8.42 Å². The topological polar surface area (TPSA) is 127 Å². The molecule has 0 heterocycles. The molecular formula is C20H23N3O5S. The van der Waals surface area contributed by atoms with Gasteiger partial charge >= 0.3 is 0 Å². The van der Waals surface area contributed by atoms with Gasteiger partial charge in [-0.15, -0.1) is 0 Å². The van der Waals surface area contributed by atoms with E-state index in [2.05, 4.69) is 5.32 Å².